The molecule has 0 bridgehead atoms. The normalized spacial score (nSPS) is 12.3. The summed E-state index contributed by atoms with van der Waals surface area (Å²) < 4.78 is 15.0. The van der Waals surface area contributed by atoms with Crippen LogP contribution in [0.3, 0.4) is 0 Å². The second-order valence-corrected chi connectivity index (χ2v) is 8.70. The third kappa shape index (κ3) is 4.37. The quantitative estimate of drug-likeness (QED) is 0.392. The van der Waals surface area contributed by atoms with Gasteiger partial charge >= 0.3 is 0 Å². The van der Waals surface area contributed by atoms with Crippen molar-refractivity contribution in [2.24, 2.45) is 0 Å². The van der Waals surface area contributed by atoms with Crippen LogP contribution in [0, 0.1) is 0 Å². The molecule has 0 radical (unpaired) electrons. The molecule has 0 aliphatic carbocycles. The highest BCUT2D eigenvalue weighted by Crippen LogP contribution is 2.31. The van der Waals surface area contributed by atoms with Gasteiger partial charge in [-0.1, -0.05) is 29.3 Å². The molecule has 0 spiro atoms. The van der Waals surface area contributed by atoms with Gasteiger partial charge in [0.05, 0.1) is 12.4 Å². The highest BCUT2D eigenvalue weighted by atomic mass is 35.5. The average Bonchev–Trinajstić information content (AvgIpc) is 3.05. The number of pyridine rings is 1. The van der Waals surface area contributed by atoms with Gasteiger partial charge in [-0.2, -0.15) is 3.97 Å². The van der Waals surface area contributed by atoms with Crippen molar-refractivity contribution < 1.29 is 4.55 Å². The minimum absolute atomic E-state index is 0.554. The Morgan fingerprint density at radius 2 is 1.86 bits per heavy atom. The smallest absolute Gasteiger partial charge is 0.198 e. The van der Waals surface area contributed by atoms with Crippen LogP contribution < -0.4 is 10.6 Å². The van der Waals surface area contributed by atoms with Crippen molar-refractivity contribution in [3.63, 3.8) is 0 Å². The van der Waals surface area contributed by atoms with E-state index in [0.717, 1.165) is 27.8 Å². The summed E-state index contributed by atoms with van der Waals surface area (Å²) in [7, 11) is 1.89. The fraction of sp³-hybridized carbons (Fsp3) is 0.0952. The summed E-state index contributed by atoms with van der Waals surface area (Å²) in [5.74, 6) is 0. The lowest BCUT2D eigenvalue weighted by atomic mass is 10.1. The Labute approximate surface area is 182 Å². The van der Waals surface area contributed by atoms with Gasteiger partial charge in [0.1, 0.15) is 16.9 Å². The fourth-order valence-corrected chi connectivity index (χ4v) is 4.82. The molecular weight excluding hydrogens is 427 g/mol. The van der Waals surface area contributed by atoms with Gasteiger partial charge in [-0.3, -0.25) is 4.98 Å². The van der Waals surface area contributed by atoms with Gasteiger partial charge in [0.15, 0.2) is 4.90 Å². The van der Waals surface area contributed by atoms with Crippen molar-refractivity contribution in [2.45, 2.75) is 11.4 Å². The third-order valence-electron chi connectivity index (χ3n) is 4.39. The van der Waals surface area contributed by atoms with Crippen LogP contribution in [0.2, 0.25) is 10.0 Å². The highest BCUT2D eigenvalue weighted by Gasteiger charge is 2.20. The Morgan fingerprint density at radius 1 is 1.07 bits per heavy atom. The van der Waals surface area contributed by atoms with Gasteiger partial charge < -0.3 is 15.2 Å². The Balaban J connectivity index is 1.77. The van der Waals surface area contributed by atoms with Crippen LogP contribution in [0.15, 0.2) is 72.0 Å². The van der Waals surface area contributed by atoms with Crippen molar-refractivity contribution in [1.29, 1.82) is 0 Å². The lowest BCUT2D eigenvalue weighted by Crippen LogP contribution is -2.12. The van der Waals surface area contributed by atoms with Crippen LogP contribution >= 0.6 is 23.2 Å². The highest BCUT2D eigenvalue weighted by molar-refractivity contribution is 7.90. The number of anilines is 2. The zero-order valence-corrected chi connectivity index (χ0v) is 17.9. The monoisotopic (exact) mass is 444 g/mol. The van der Waals surface area contributed by atoms with Crippen LogP contribution in [0.5, 0.6) is 0 Å². The molecule has 8 heteroatoms. The number of nitrogens with zero attached hydrogens (tertiary/aromatic N) is 2. The number of hydrogen-bond acceptors (Lipinski definition) is 4. The molecule has 5 nitrogen and oxygen atoms in total. The molecule has 0 aliphatic heterocycles. The van der Waals surface area contributed by atoms with Crippen LogP contribution in [0.1, 0.15) is 5.56 Å². The number of hydrogen-bond donors (Lipinski definition) is 2. The predicted molar refractivity (Wildman–Crippen MR) is 120 cm³/mol. The number of rotatable bonds is 6. The first kappa shape index (κ1) is 20.1. The van der Waals surface area contributed by atoms with Gasteiger partial charge in [0, 0.05) is 39.5 Å². The lowest BCUT2D eigenvalue weighted by Gasteiger charge is -2.12. The standard InChI is InChI=1S/C21H18Cl2N4OS/c1-24-11-14-13-27(29(28)19-3-2-6-25-12-19)21-10-17(4-5-20(14)21)26-18-8-15(22)7-16(23)9-18/h2-10,12-13,24,26H,11H2,1H3. The first-order chi connectivity index (χ1) is 14.0. The molecule has 4 rings (SSSR count). The molecule has 0 saturated heterocycles. The second-order valence-electron chi connectivity index (χ2n) is 6.46. The lowest BCUT2D eigenvalue weighted by molar-refractivity contribution is 0.587. The van der Waals surface area contributed by atoms with E-state index in [-0.39, 0.29) is 0 Å². The fourth-order valence-electron chi connectivity index (χ4n) is 3.17. The van der Waals surface area contributed by atoms with Crippen LogP contribution in [0.4, 0.5) is 11.4 Å². The van der Waals surface area contributed by atoms with E-state index in [9.17, 15) is 4.55 Å². The van der Waals surface area contributed by atoms with Crippen LogP contribution in [-0.2, 0) is 17.9 Å². The number of fused-ring (bicyclic) bond motifs is 1. The van der Waals surface area contributed by atoms with Crippen LogP contribution in [-0.4, -0.2) is 20.6 Å². The molecule has 2 aromatic heterocycles. The summed E-state index contributed by atoms with van der Waals surface area (Å²) in [4.78, 5) is 4.73. The molecule has 2 heterocycles. The van der Waals surface area contributed by atoms with E-state index in [1.54, 1.807) is 40.6 Å². The molecule has 1 atom stereocenters. The minimum Gasteiger partial charge on any atom is -0.587 e. The maximum atomic E-state index is 13.2. The zero-order chi connectivity index (χ0) is 20.4. The van der Waals surface area contributed by atoms with Gasteiger partial charge in [0.2, 0.25) is 0 Å². The Morgan fingerprint density at radius 3 is 2.55 bits per heavy atom. The number of halogens is 2. The molecular formula is C21H18Cl2N4OS. The predicted octanol–water partition coefficient (Wildman–Crippen LogP) is 5.38. The third-order valence-corrected chi connectivity index (χ3v) is 6.13. The van der Waals surface area contributed by atoms with E-state index in [0.29, 0.717) is 21.5 Å². The van der Waals surface area contributed by atoms with Crippen molar-refractivity contribution in [2.75, 3.05) is 12.4 Å². The first-order valence-electron chi connectivity index (χ1n) is 8.89. The van der Waals surface area contributed by atoms with Crippen LogP contribution in [0.25, 0.3) is 10.9 Å². The van der Waals surface area contributed by atoms with E-state index in [1.165, 1.54) is 0 Å². The number of aromatic nitrogens is 2. The molecule has 0 fully saturated rings. The second kappa shape index (κ2) is 8.65. The van der Waals surface area contributed by atoms with Crippen molar-refractivity contribution >= 4 is 56.8 Å². The van der Waals surface area contributed by atoms with E-state index >= 15 is 0 Å². The van der Waals surface area contributed by atoms with Crippen molar-refractivity contribution in [1.82, 2.24) is 14.3 Å². The van der Waals surface area contributed by atoms with E-state index in [1.807, 2.05) is 37.5 Å². The topological polar surface area (TPSA) is 64.9 Å². The SMILES string of the molecule is CNCc1cn([S+]([O-])c2cccnc2)c2cc(Nc3cc(Cl)cc(Cl)c3)ccc12. The Bertz CT molecular complexity index is 1130. The van der Waals surface area contributed by atoms with Gasteiger partial charge in [-0.25, -0.2) is 0 Å². The van der Waals surface area contributed by atoms with E-state index < -0.39 is 11.4 Å². The largest absolute Gasteiger partial charge is 0.587 e. The summed E-state index contributed by atoms with van der Waals surface area (Å²) in [6, 6.07) is 14.8. The zero-order valence-electron chi connectivity index (χ0n) is 15.5. The van der Waals surface area contributed by atoms with Crippen molar-refractivity contribution in [3.8, 4) is 0 Å². The molecule has 2 N–H and O–H groups in total. The summed E-state index contributed by atoms with van der Waals surface area (Å²) in [6.45, 7) is 0.671. The first-order valence-corrected chi connectivity index (χ1v) is 10.8. The molecule has 1 unspecified atom stereocenters. The number of benzene rings is 2. The number of nitrogens with one attached hydrogen (secondary N) is 2. The molecule has 2 aromatic carbocycles. The Hall–Kier alpha value is -2.22. The minimum atomic E-state index is -1.41. The van der Waals surface area contributed by atoms with E-state index in [4.69, 9.17) is 23.2 Å². The Kier molecular flexibility index (Phi) is 5.99. The summed E-state index contributed by atoms with van der Waals surface area (Å²) in [6.07, 6.45) is 5.21. The summed E-state index contributed by atoms with van der Waals surface area (Å²) >= 11 is 10.8. The molecule has 0 aliphatic rings. The average molecular weight is 445 g/mol. The molecule has 29 heavy (non-hydrogen) atoms. The van der Waals surface area contributed by atoms with Gasteiger partial charge in [0.25, 0.3) is 0 Å². The summed E-state index contributed by atoms with van der Waals surface area (Å²) in [5.41, 5.74) is 3.55. The molecule has 148 valence electrons. The molecule has 0 amide bonds. The molecule has 0 saturated carbocycles. The maximum Gasteiger partial charge on any atom is 0.198 e. The maximum absolute atomic E-state index is 13.2. The van der Waals surface area contributed by atoms with E-state index in [2.05, 4.69) is 15.6 Å². The van der Waals surface area contributed by atoms with Gasteiger partial charge in [-0.05, 0) is 55.1 Å². The van der Waals surface area contributed by atoms with Crippen molar-refractivity contribution in [3.05, 3.63) is 82.7 Å². The van der Waals surface area contributed by atoms with Gasteiger partial charge in [-0.15, -0.1) is 0 Å². The molecule has 4 aromatic rings. The summed E-state index contributed by atoms with van der Waals surface area (Å²) in [5, 5.41) is 8.62.